The number of sulfonamides is 1. The van der Waals surface area contributed by atoms with Crippen LogP contribution in [0.1, 0.15) is 12.0 Å². The second-order valence-electron chi connectivity index (χ2n) is 6.09. The van der Waals surface area contributed by atoms with Gasteiger partial charge in [-0.1, -0.05) is 0 Å². The molecule has 7 nitrogen and oxygen atoms in total. The number of benzene rings is 2. The van der Waals surface area contributed by atoms with Crippen LogP contribution < -0.4 is 10.0 Å². The van der Waals surface area contributed by atoms with Crippen LogP contribution >= 0.6 is 0 Å². The van der Waals surface area contributed by atoms with Crippen molar-refractivity contribution in [3.63, 3.8) is 0 Å². The molecule has 138 valence electrons. The number of anilines is 2. The maximum atomic E-state index is 14.3. The van der Waals surface area contributed by atoms with E-state index in [9.17, 15) is 17.6 Å². The maximum absolute atomic E-state index is 14.3. The zero-order chi connectivity index (χ0) is 19.0. The lowest BCUT2D eigenvalue weighted by atomic mass is 10.0. The van der Waals surface area contributed by atoms with Crippen LogP contribution in [0.4, 0.5) is 15.8 Å². The number of aryl methyl sites for hydroxylation is 1. The third-order valence-corrected chi connectivity index (χ3v) is 5.61. The van der Waals surface area contributed by atoms with Crippen LogP contribution in [-0.4, -0.2) is 24.1 Å². The van der Waals surface area contributed by atoms with Crippen LogP contribution in [0.2, 0.25) is 0 Å². The Hall–Kier alpha value is -3.20. The monoisotopic (exact) mass is 386 g/mol. The fraction of sp³-hybridized carbons (Fsp3) is 0.111. The summed E-state index contributed by atoms with van der Waals surface area (Å²) in [4.78, 5) is 11.5. The normalized spacial score (nSPS) is 13.7. The summed E-state index contributed by atoms with van der Waals surface area (Å²) in [6, 6.07) is 10.2. The highest BCUT2D eigenvalue weighted by atomic mass is 32.2. The Labute approximate surface area is 154 Å². The molecule has 0 unspecified atom stereocenters. The minimum Gasteiger partial charge on any atom is -0.326 e. The molecular formula is C18H15FN4O3S. The van der Waals surface area contributed by atoms with Crippen molar-refractivity contribution >= 4 is 27.3 Å². The molecule has 4 rings (SSSR count). The van der Waals surface area contributed by atoms with E-state index < -0.39 is 15.8 Å². The smallest absolute Gasteiger partial charge is 0.261 e. The molecule has 27 heavy (non-hydrogen) atoms. The topological polar surface area (TPSA) is 93.1 Å². The number of nitrogens with one attached hydrogen (secondary N) is 2. The average molecular weight is 386 g/mol. The Morgan fingerprint density at radius 3 is 2.74 bits per heavy atom. The van der Waals surface area contributed by atoms with Gasteiger partial charge in [-0.3, -0.25) is 9.52 Å². The first-order valence-electron chi connectivity index (χ1n) is 8.17. The van der Waals surface area contributed by atoms with Gasteiger partial charge in [0.05, 0.1) is 10.6 Å². The van der Waals surface area contributed by atoms with E-state index in [1.165, 1.54) is 35.1 Å². The molecule has 1 aromatic heterocycles. The SMILES string of the molecule is O=C1CCc2cc(S(=O)(=O)Nc3ccc(-n4cccn4)c(F)c3)ccc2N1. The number of carbonyl (C=O) groups excluding carboxylic acids is 1. The van der Waals surface area contributed by atoms with E-state index in [1.807, 2.05) is 0 Å². The van der Waals surface area contributed by atoms with Crippen LogP contribution in [0.15, 0.2) is 59.8 Å². The highest BCUT2D eigenvalue weighted by Gasteiger charge is 2.20. The summed E-state index contributed by atoms with van der Waals surface area (Å²) in [6.45, 7) is 0. The van der Waals surface area contributed by atoms with Gasteiger partial charge in [0.25, 0.3) is 10.0 Å². The van der Waals surface area contributed by atoms with Crippen molar-refractivity contribution in [2.45, 2.75) is 17.7 Å². The lowest BCUT2D eigenvalue weighted by Crippen LogP contribution is -2.20. The molecule has 0 radical (unpaired) electrons. The van der Waals surface area contributed by atoms with E-state index in [0.29, 0.717) is 18.5 Å². The van der Waals surface area contributed by atoms with Crippen molar-refractivity contribution < 1.29 is 17.6 Å². The molecule has 1 aliphatic rings. The lowest BCUT2D eigenvalue weighted by Gasteiger charge is -2.18. The predicted molar refractivity (Wildman–Crippen MR) is 97.7 cm³/mol. The summed E-state index contributed by atoms with van der Waals surface area (Å²) < 4.78 is 43.3. The summed E-state index contributed by atoms with van der Waals surface area (Å²) in [7, 11) is -3.90. The summed E-state index contributed by atoms with van der Waals surface area (Å²) in [5, 5.41) is 6.66. The van der Waals surface area contributed by atoms with E-state index in [-0.39, 0.29) is 22.2 Å². The second-order valence-corrected chi connectivity index (χ2v) is 7.77. The molecule has 0 fully saturated rings. The summed E-state index contributed by atoms with van der Waals surface area (Å²) in [6.07, 6.45) is 3.89. The Bertz CT molecular complexity index is 1130. The Balaban J connectivity index is 1.60. The van der Waals surface area contributed by atoms with Crippen molar-refractivity contribution in [2.24, 2.45) is 0 Å². The maximum Gasteiger partial charge on any atom is 0.261 e. The molecule has 0 bridgehead atoms. The molecule has 0 atom stereocenters. The van der Waals surface area contributed by atoms with Gasteiger partial charge in [-0.15, -0.1) is 0 Å². The average Bonchev–Trinajstić information content (AvgIpc) is 3.15. The first-order valence-corrected chi connectivity index (χ1v) is 9.66. The summed E-state index contributed by atoms with van der Waals surface area (Å²) in [5.74, 6) is -0.698. The van der Waals surface area contributed by atoms with E-state index in [1.54, 1.807) is 18.3 Å². The van der Waals surface area contributed by atoms with Crippen LogP contribution in [0.5, 0.6) is 0 Å². The highest BCUT2D eigenvalue weighted by Crippen LogP contribution is 2.27. The van der Waals surface area contributed by atoms with Crippen LogP contribution in [0.3, 0.4) is 0 Å². The number of carbonyl (C=O) groups is 1. The molecule has 2 heterocycles. The van der Waals surface area contributed by atoms with E-state index >= 15 is 0 Å². The van der Waals surface area contributed by atoms with E-state index in [2.05, 4.69) is 15.1 Å². The molecular weight excluding hydrogens is 371 g/mol. The highest BCUT2D eigenvalue weighted by molar-refractivity contribution is 7.92. The molecule has 0 aliphatic carbocycles. The van der Waals surface area contributed by atoms with Gasteiger partial charge in [0, 0.05) is 30.6 Å². The van der Waals surface area contributed by atoms with Gasteiger partial charge in [0.1, 0.15) is 5.69 Å². The number of hydrogen-bond acceptors (Lipinski definition) is 4. The van der Waals surface area contributed by atoms with E-state index in [0.717, 1.165) is 11.6 Å². The molecule has 1 aliphatic heterocycles. The number of halogens is 1. The number of nitrogens with zero attached hydrogens (tertiary/aromatic N) is 2. The molecule has 2 aromatic carbocycles. The summed E-state index contributed by atoms with van der Waals surface area (Å²) >= 11 is 0. The minimum absolute atomic E-state index is 0.0500. The third kappa shape index (κ3) is 3.41. The summed E-state index contributed by atoms with van der Waals surface area (Å²) in [5.41, 5.74) is 1.68. The number of rotatable bonds is 4. The molecule has 2 N–H and O–H groups in total. The lowest BCUT2D eigenvalue weighted by molar-refractivity contribution is -0.116. The molecule has 0 saturated carbocycles. The quantitative estimate of drug-likeness (QED) is 0.721. The van der Waals surface area contributed by atoms with Crippen molar-refractivity contribution in [3.05, 3.63) is 66.2 Å². The Kier molecular flexibility index (Phi) is 4.15. The van der Waals surface area contributed by atoms with Crippen LogP contribution in [-0.2, 0) is 21.2 Å². The van der Waals surface area contributed by atoms with Gasteiger partial charge in [0.2, 0.25) is 5.91 Å². The number of aromatic nitrogens is 2. The number of hydrogen-bond donors (Lipinski definition) is 2. The third-order valence-electron chi connectivity index (χ3n) is 4.23. The molecule has 1 amide bonds. The number of amides is 1. The zero-order valence-electron chi connectivity index (χ0n) is 14.0. The Morgan fingerprint density at radius 1 is 1.15 bits per heavy atom. The van der Waals surface area contributed by atoms with Crippen molar-refractivity contribution in [3.8, 4) is 5.69 Å². The van der Waals surface area contributed by atoms with Gasteiger partial charge in [0.15, 0.2) is 5.82 Å². The van der Waals surface area contributed by atoms with Crippen LogP contribution in [0, 0.1) is 5.82 Å². The predicted octanol–water partition coefficient (Wildman–Crippen LogP) is 2.70. The van der Waals surface area contributed by atoms with Crippen molar-refractivity contribution in [2.75, 3.05) is 10.0 Å². The Morgan fingerprint density at radius 2 is 2.00 bits per heavy atom. The van der Waals surface area contributed by atoms with Gasteiger partial charge in [-0.25, -0.2) is 17.5 Å². The largest absolute Gasteiger partial charge is 0.326 e. The first-order chi connectivity index (χ1) is 12.9. The minimum atomic E-state index is -3.90. The second kappa shape index (κ2) is 6.51. The molecule has 9 heteroatoms. The van der Waals surface area contributed by atoms with Crippen molar-refractivity contribution in [1.82, 2.24) is 9.78 Å². The van der Waals surface area contributed by atoms with Gasteiger partial charge in [-0.2, -0.15) is 5.10 Å². The van der Waals surface area contributed by atoms with E-state index in [4.69, 9.17) is 0 Å². The molecule has 3 aromatic rings. The fourth-order valence-corrected chi connectivity index (χ4v) is 4.01. The zero-order valence-corrected chi connectivity index (χ0v) is 14.8. The van der Waals surface area contributed by atoms with Gasteiger partial charge in [-0.05, 0) is 48.4 Å². The van der Waals surface area contributed by atoms with Gasteiger partial charge >= 0.3 is 0 Å². The molecule has 0 saturated heterocycles. The number of fused-ring (bicyclic) bond motifs is 1. The standard InChI is InChI=1S/C18H15FN4O3S/c19-15-11-13(3-6-17(15)23-9-1-8-20-23)22-27(25,26)14-4-5-16-12(10-14)2-7-18(24)21-16/h1,3-6,8-11,22H,2,7H2,(H,21,24). The molecule has 0 spiro atoms. The van der Waals surface area contributed by atoms with Crippen molar-refractivity contribution in [1.29, 1.82) is 0 Å². The van der Waals surface area contributed by atoms with Gasteiger partial charge < -0.3 is 5.32 Å². The fourth-order valence-electron chi connectivity index (χ4n) is 2.91. The first kappa shape index (κ1) is 17.2. The van der Waals surface area contributed by atoms with Crippen LogP contribution in [0.25, 0.3) is 5.69 Å².